The molecule has 1 aliphatic heterocycles. The maximum atomic E-state index is 12.2. The number of aromatic nitrogens is 3. The van der Waals surface area contributed by atoms with Gasteiger partial charge in [0.05, 0.1) is 12.1 Å². The average molecular weight is 272 g/mol. The van der Waals surface area contributed by atoms with Crippen LogP contribution in [-0.4, -0.2) is 39.2 Å². The SMILES string of the molecule is CC1OCCC1NC(=O)c1ccnc(-n2ccnc2)c1. The zero-order valence-electron chi connectivity index (χ0n) is 11.2. The van der Waals surface area contributed by atoms with E-state index in [-0.39, 0.29) is 18.1 Å². The number of ether oxygens (including phenoxy) is 1. The van der Waals surface area contributed by atoms with Gasteiger partial charge in [-0.2, -0.15) is 0 Å². The Labute approximate surface area is 116 Å². The van der Waals surface area contributed by atoms with E-state index in [2.05, 4.69) is 15.3 Å². The number of amides is 1. The first-order valence-corrected chi connectivity index (χ1v) is 6.61. The number of hydrogen-bond acceptors (Lipinski definition) is 4. The molecule has 1 amide bonds. The summed E-state index contributed by atoms with van der Waals surface area (Å²) in [6, 6.07) is 3.53. The fourth-order valence-corrected chi connectivity index (χ4v) is 2.27. The van der Waals surface area contributed by atoms with Gasteiger partial charge in [0.2, 0.25) is 0 Å². The predicted octanol–water partition coefficient (Wildman–Crippen LogP) is 1.17. The molecule has 0 saturated carbocycles. The van der Waals surface area contributed by atoms with Gasteiger partial charge in [-0.25, -0.2) is 9.97 Å². The molecule has 2 unspecified atom stereocenters. The third-order valence-electron chi connectivity index (χ3n) is 3.47. The lowest BCUT2D eigenvalue weighted by Crippen LogP contribution is -2.39. The number of hydrogen-bond donors (Lipinski definition) is 1. The Morgan fingerprint density at radius 1 is 1.50 bits per heavy atom. The minimum absolute atomic E-state index is 0.0638. The Balaban J connectivity index is 1.76. The predicted molar refractivity (Wildman–Crippen MR) is 72.6 cm³/mol. The summed E-state index contributed by atoms with van der Waals surface area (Å²) in [5, 5.41) is 3.00. The molecule has 3 rings (SSSR count). The van der Waals surface area contributed by atoms with Crippen LogP contribution in [0.5, 0.6) is 0 Å². The number of rotatable bonds is 3. The summed E-state index contributed by atoms with van der Waals surface area (Å²) in [7, 11) is 0. The largest absolute Gasteiger partial charge is 0.376 e. The normalized spacial score (nSPS) is 21.9. The lowest BCUT2D eigenvalue weighted by Gasteiger charge is -2.16. The highest BCUT2D eigenvalue weighted by atomic mass is 16.5. The molecule has 0 spiro atoms. The summed E-state index contributed by atoms with van der Waals surface area (Å²) < 4.78 is 7.21. The standard InChI is InChI=1S/C14H16N4O2/c1-10-12(3-7-20-10)17-14(19)11-2-4-16-13(8-11)18-6-5-15-9-18/h2,4-6,8-10,12H,3,7H2,1H3,(H,17,19). The molecule has 2 aromatic heterocycles. The Morgan fingerprint density at radius 3 is 3.10 bits per heavy atom. The summed E-state index contributed by atoms with van der Waals surface area (Å²) in [5.41, 5.74) is 0.586. The van der Waals surface area contributed by atoms with Gasteiger partial charge in [0.25, 0.3) is 5.91 Å². The van der Waals surface area contributed by atoms with Crippen LogP contribution in [0.2, 0.25) is 0 Å². The van der Waals surface area contributed by atoms with Crippen LogP contribution < -0.4 is 5.32 Å². The van der Waals surface area contributed by atoms with Crippen LogP contribution in [0, 0.1) is 0 Å². The molecule has 1 N–H and O–H groups in total. The van der Waals surface area contributed by atoms with Crippen molar-refractivity contribution in [3.8, 4) is 5.82 Å². The molecule has 0 aromatic carbocycles. The highest BCUT2D eigenvalue weighted by Crippen LogP contribution is 2.14. The zero-order chi connectivity index (χ0) is 13.9. The molecule has 104 valence electrons. The monoisotopic (exact) mass is 272 g/mol. The Hall–Kier alpha value is -2.21. The van der Waals surface area contributed by atoms with Gasteiger partial charge < -0.3 is 10.1 Å². The van der Waals surface area contributed by atoms with E-state index in [0.717, 1.165) is 6.42 Å². The van der Waals surface area contributed by atoms with E-state index in [9.17, 15) is 4.79 Å². The fraction of sp³-hybridized carbons (Fsp3) is 0.357. The molecular weight excluding hydrogens is 256 g/mol. The van der Waals surface area contributed by atoms with Crippen molar-refractivity contribution in [2.24, 2.45) is 0 Å². The van der Waals surface area contributed by atoms with Crippen molar-refractivity contribution in [3.63, 3.8) is 0 Å². The summed E-state index contributed by atoms with van der Waals surface area (Å²) in [6.07, 6.45) is 7.65. The van der Waals surface area contributed by atoms with Gasteiger partial charge in [0, 0.05) is 30.8 Å². The fourth-order valence-electron chi connectivity index (χ4n) is 2.27. The van der Waals surface area contributed by atoms with E-state index in [1.807, 2.05) is 6.92 Å². The second kappa shape index (κ2) is 5.42. The number of carbonyl (C=O) groups excluding carboxylic acids is 1. The van der Waals surface area contributed by atoms with E-state index < -0.39 is 0 Å². The smallest absolute Gasteiger partial charge is 0.251 e. The summed E-state index contributed by atoms with van der Waals surface area (Å²) in [5.74, 6) is 0.571. The molecule has 2 atom stereocenters. The summed E-state index contributed by atoms with van der Waals surface area (Å²) >= 11 is 0. The van der Waals surface area contributed by atoms with E-state index in [4.69, 9.17) is 4.74 Å². The van der Waals surface area contributed by atoms with Gasteiger partial charge in [-0.3, -0.25) is 9.36 Å². The highest BCUT2D eigenvalue weighted by Gasteiger charge is 2.26. The third kappa shape index (κ3) is 2.55. The highest BCUT2D eigenvalue weighted by molar-refractivity contribution is 5.94. The van der Waals surface area contributed by atoms with Crippen LogP contribution in [-0.2, 0) is 4.74 Å². The van der Waals surface area contributed by atoms with Crippen molar-refractivity contribution in [3.05, 3.63) is 42.6 Å². The lowest BCUT2D eigenvalue weighted by molar-refractivity contribution is 0.0866. The van der Waals surface area contributed by atoms with Crippen LogP contribution in [0.3, 0.4) is 0 Å². The second-order valence-corrected chi connectivity index (χ2v) is 4.82. The minimum Gasteiger partial charge on any atom is -0.376 e. The molecular formula is C14H16N4O2. The first-order chi connectivity index (χ1) is 9.74. The molecule has 2 aromatic rings. The first-order valence-electron chi connectivity index (χ1n) is 6.61. The van der Waals surface area contributed by atoms with Crippen molar-refractivity contribution in [2.75, 3.05) is 6.61 Å². The molecule has 6 heteroatoms. The van der Waals surface area contributed by atoms with Crippen LogP contribution in [0.15, 0.2) is 37.1 Å². The van der Waals surface area contributed by atoms with Crippen molar-refractivity contribution < 1.29 is 9.53 Å². The van der Waals surface area contributed by atoms with Crippen LogP contribution >= 0.6 is 0 Å². The number of pyridine rings is 1. The Bertz CT molecular complexity index is 597. The summed E-state index contributed by atoms with van der Waals surface area (Å²) in [4.78, 5) is 20.5. The van der Waals surface area contributed by atoms with Crippen LogP contribution in [0.1, 0.15) is 23.7 Å². The number of nitrogens with zero attached hydrogens (tertiary/aromatic N) is 3. The summed E-state index contributed by atoms with van der Waals surface area (Å²) in [6.45, 7) is 2.67. The van der Waals surface area contributed by atoms with E-state index in [0.29, 0.717) is 18.0 Å². The molecule has 1 aliphatic rings. The minimum atomic E-state index is -0.101. The Morgan fingerprint density at radius 2 is 2.40 bits per heavy atom. The van der Waals surface area contributed by atoms with Gasteiger partial charge in [0.15, 0.2) is 0 Å². The van der Waals surface area contributed by atoms with Gasteiger partial charge in [-0.15, -0.1) is 0 Å². The maximum Gasteiger partial charge on any atom is 0.251 e. The van der Waals surface area contributed by atoms with Crippen molar-refractivity contribution in [2.45, 2.75) is 25.5 Å². The zero-order valence-corrected chi connectivity index (χ0v) is 11.2. The van der Waals surface area contributed by atoms with Crippen LogP contribution in [0.25, 0.3) is 5.82 Å². The van der Waals surface area contributed by atoms with Crippen molar-refractivity contribution in [1.29, 1.82) is 0 Å². The molecule has 1 saturated heterocycles. The van der Waals surface area contributed by atoms with Gasteiger partial charge in [-0.05, 0) is 25.5 Å². The Kier molecular flexibility index (Phi) is 3.47. The molecule has 0 bridgehead atoms. The van der Waals surface area contributed by atoms with Crippen molar-refractivity contribution in [1.82, 2.24) is 19.9 Å². The average Bonchev–Trinajstić information content (AvgIpc) is 3.12. The third-order valence-corrected chi connectivity index (χ3v) is 3.47. The molecule has 0 aliphatic carbocycles. The number of imidazole rings is 1. The van der Waals surface area contributed by atoms with E-state index in [1.54, 1.807) is 41.6 Å². The number of carbonyl (C=O) groups is 1. The molecule has 0 radical (unpaired) electrons. The van der Waals surface area contributed by atoms with E-state index >= 15 is 0 Å². The second-order valence-electron chi connectivity index (χ2n) is 4.82. The first kappa shape index (κ1) is 12.8. The topological polar surface area (TPSA) is 69.0 Å². The molecule has 1 fully saturated rings. The molecule has 3 heterocycles. The van der Waals surface area contributed by atoms with Gasteiger partial charge in [-0.1, -0.05) is 0 Å². The van der Waals surface area contributed by atoms with E-state index in [1.165, 1.54) is 0 Å². The molecule has 6 nitrogen and oxygen atoms in total. The number of nitrogens with one attached hydrogen (secondary N) is 1. The van der Waals surface area contributed by atoms with Gasteiger partial charge >= 0.3 is 0 Å². The lowest BCUT2D eigenvalue weighted by atomic mass is 10.1. The van der Waals surface area contributed by atoms with Gasteiger partial charge in [0.1, 0.15) is 12.1 Å². The molecule has 20 heavy (non-hydrogen) atoms. The van der Waals surface area contributed by atoms with Crippen molar-refractivity contribution >= 4 is 5.91 Å². The quantitative estimate of drug-likeness (QED) is 0.910. The maximum absolute atomic E-state index is 12.2. The van der Waals surface area contributed by atoms with Crippen LogP contribution in [0.4, 0.5) is 0 Å².